The van der Waals surface area contributed by atoms with E-state index in [1.165, 1.54) is 0 Å². The summed E-state index contributed by atoms with van der Waals surface area (Å²) in [4.78, 5) is 28.3. The van der Waals surface area contributed by atoms with Crippen LogP contribution in [0.25, 0.3) is 0 Å². The molecule has 0 atom stereocenters. The van der Waals surface area contributed by atoms with Crippen molar-refractivity contribution < 1.29 is 14.7 Å². The van der Waals surface area contributed by atoms with Crippen LogP contribution in [0.4, 0.5) is 11.4 Å². The van der Waals surface area contributed by atoms with E-state index in [2.05, 4.69) is 22.2 Å². The van der Waals surface area contributed by atoms with Gasteiger partial charge in [0.15, 0.2) is 0 Å². The molecule has 1 saturated carbocycles. The summed E-state index contributed by atoms with van der Waals surface area (Å²) in [6.45, 7) is 3.81. The Kier molecular flexibility index (Phi) is 5.04. The summed E-state index contributed by atoms with van der Waals surface area (Å²) in [5, 5.41) is 12.3. The van der Waals surface area contributed by atoms with Gasteiger partial charge in [0, 0.05) is 31.2 Å². The molecule has 2 N–H and O–H groups in total. The van der Waals surface area contributed by atoms with Gasteiger partial charge in [-0.25, -0.2) is 4.79 Å². The molecule has 0 bridgehead atoms. The highest BCUT2D eigenvalue weighted by atomic mass is 16.4. The van der Waals surface area contributed by atoms with E-state index in [0.29, 0.717) is 5.69 Å². The van der Waals surface area contributed by atoms with E-state index in [1.54, 1.807) is 12.1 Å². The molecule has 1 aromatic rings. The second-order valence-corrected chi connectivity index (χ2v) is 6.80. The van der Waals surface area contributed by atoms with Crippen LogP contribution in [0.15, 0.2) is 18.2 Å². The highest BCUT2D eigenvalue weighted by Crippen LogP contribution is 2.29. The van der Waals surface area contributed by atoms with Gasteiger partial charge in [-0.1, -0.05) is 6.42 Å². The predicted octanol–water partition coefficient (Wildman–Crippen LogP) is 2.27. The molecule has 6 heteroatoms. The predicted molar refractivity (Wildman–Crippen MR) is 93.7 cm³/mol. The van der Waals surface area contributed by atoms with E-state index in [1.807, 2.05) is 6.07 Å². The van der Waals surface area contributed by atoms with Gasteiger partial charge in [-0.3, -0.25) is 4.79 Å². The first kappa shape index (κ1) is 16.8. The Labute approximate surface area is 142 Å². The van der Waals surface area contributed by atoms with Crippen LogP contribution in [0.1, 0.15) is 36.0 Å². The highest BCUT2D eigenvalue weighted by Gasteiger charge is 2.26. The molecule has 1 aliphatic heterocycles. The fourth-order valence-electron chi connectivity index (χ4n) is 3.22. The topological polar surface area (TPSA) is 72.9 Å². The molecule has 0 aromatic heterocycles. The van der Waals surface area contributed by atoms with Crippen LogP contribution in [0.3, 0.4) is 0 Å². The van der Waals surface area contributed by atoms with Gasteiger partial charge in [0.2, 0.25) is 5.91 Å². The van der Waals surface area contributed by atoms with Crippen molar-refractivity contribution in [1.82, 2.24) is 4.90 Å². The number of hydrogen-bond donors (Lipinski definition) is 2. The highest BCUT2D eigenvalue weighted by molar-refractivity contribution is 6.02. The van der Waals surface area contributed by atoms with Crippen LogP contribution in [0, 0.1) is 5.92 Å². The summed E-state index contributed by atoms with van der Waals surface area (Å²) in [7, 11) is 2.10. The van der Waals surface area contributed by atoms with Crippen LogP contribution >= 0.6 is 0 Å². The average Bonchev–Trinajstić information content (AvgIpc) is 2.70. The SMILES string of the molecule is CN1CCCN(c2ccc(NC(=O)C3CCC3)c(C(=O)O)c2)CC1. The molecule has 1 aliphatic carbocycles. The van der Waals surface area contributed by atoms with Crippen molar-refractivity contribution in [2.45, 2.75) is 25.7 Å². The van der Waals surface area contributed by atoms with Gasteiger partial charge >= 0.3 is 5.97 Å². The summed E-state index contributed by atoms with van der Waals surface area (Å²) in [6, 6.07) is 5.32. The number of carboxylic acid groups (broad SMARTS) is 1. The number of nitrogens with zero attached hydrogens (tertiary/aromatic N) is 2. The maximum absolute atomic E-state index is 12.1. The lowest BCUT2D eigenvalue weighted by molar-refractivity contribution is -0.122. The molecule has 3 rings (SSSR count). The molecule has 1 heterocycles. The Balaban J connectivity index is 1.78. The van der Waals surface area contributed by atoms with Gasteiger partial charge in [0.1, 0.15) is 0 Å². The minimum atomic E-state index is -1.01. The van der Waals surface area contributed by atoms with Gasteiger partial charge in [-0.15, -0.1) is 0 Å². The molecule has 2 fully saturated rings. The number of hydrogen-bond acceptors (Lipinski definition) is 4. The maximum atomic E-state index is 12.1. The maximum Gasteiger partial charge on any atom is 0.337 e. The molecule has 130 valence electrons. The Bertz CT molecular complexity index is 628. The Morgan fingerprint density at radius 2 is 1.92 bits per heavy atom. The fraction of sp³-hybridized carbons (Fsp3) is 0.556. The average molecular weight is 331 g/mol. The number of carbonyl (C=O) groups excluding carboxylic acids is 1. The molecular formula is C18H25N3O3. The van der Waals surface area contributed by atoms with Gasteiger partial charge in [0.25, 0.3) is 0 Å². The van der Waals surface area contributed by atoms with E-state index in [-0.39, 0.29) is 17.4 Å². The van der Waals surface area contributed by atoms with Crippen LogP contribution in [-0.4, -0.2) is 55.1 Å². The van der Waals surface area contributed by atoms with E-state index < -0.39 is 5.97 Å². The third-order valence-electron chi connectivity index (χ3n) is 5.05. The lowest BCUT2D eigenvalue weighted by Gasteiger charge is -2.26. The molecule has 1 saturated heterocycles. The first-order valence-corrected chi connectivity index (χ1v) is 8.66. The van der Waals surface area contributed by atoms with Crippen molar-refractivity contribution in [3.63, 3.8) is 0 Å². The van der Waals surface area contributed by atoms with Gasteiger partial charge in [0.05, 0.1) is 11.3 Å². The molecular weight excluding hydrogens is 306 g/mol. The summed E-state index contributed by atoms with van der Waals surface area (Å²) in [5.41, 5.74) is 1.47. The second-order valence-electron chi connectivity index (χ2n) is 6.80. The molecule has 24 heavy (non-hydrogen) atoms. The van der Waals surface area contributed by atoms with E-state index in [9.17, 15) is 14.7 Å². The zero-order valence-corrected chi connectivity index (χ0v) is 14.1. The van der Waals surface area contributed by atoms with Gasteiger partial charge in [-0.2, -0.15) is 0 Å². The zero-order valence-electron chi connectivity index (χ0n) is 14.1. The van der Waals surface area contributed by atoms with Crippen LogP contribution in [-0.2, 0) is 4.79 Å². The Hall–Kier alpha value is -2.08. The molecule has 6 nitrogen and oxygen atoms in total. The first-order chi connectivity index (χ1) is 11.5. The van der Waals surface area contributed by atoms with Crippen molar-refractivity contribution in [1.29, 1.82) is 0 Å². The molecule has 1 amide bonds. The quantitative estimate of drug-likeness (QED) is 0.885. The number of likely N-dealkylation sites (N-methyl/N-ethyl adjacent to an activating group) is 1. The van der Waals surface area contributed by atoms with Crippen molar-refractivity contribution >= 4 is 23.3 Å². The van der Waals surface area contributed by atoms with E-state index >= 15 is 0 Å². The largest absolute Gasteiger partial charge is 0.478 e. The second kappa shape index (κ2) is 7.21. The Morgan fingerprint density at radius 1 is 1.12 bits per heavy atom. The van der Waals surface area contributed by atoms with Gasteiger partial charge < -0.3 is 20.2 Å². The van der Waals surface area contributed by atoms with Crippen LogP contribution in [0.5, 0.6) is 0 Å². The Morgan fingerprint density at radius 3 is 2.58 bits per heavy atom. The van der Waals surface area contributed by atoms with Crippen LogP contribution in [0.2, 0.25) is 0 Å². The molecule has 2 aliphatic rings. The monoisotopic (exact) mass is 331 g/mol. The fourth-order valence-corrected chi connectivity index (χ4v) is 3.22. The standard InChI is InChI=1S/C18H25N3O3/c1-20-8-3-9-21(11-10-20)14-6-7-16(15(12-14)18(23)24)19-17(22)13-4-2-5-13/h6-7,12-13H,2-5,8-11H2,1H3,(H,19,22)(H,23,24). The zero-order chi connectivity index (χ0) is 17.1. The molecule has 0 spiro atoms. The van der Waals surface area contributed by atoms with Crippen molar-refractivity contribution in [2.24, 2.45) is 5.92 Å². The summed E-state index contributed by atoms with van der Waals surface area (Å²) >= 11 is 0. The van der Waals surface area contributed by atoms with E-state index in [0.717, 1.165) is 57.5 Å². The van der Waals surface area contributed by atoms with Crippen molar-refractivity contribution in [3.05, 3.63) is 23.8 Å². The number of carbonyl (C=O) groups is 2. The molecule has 0 unspecified atom stereocenters. The third kappa shape index (κ3) is 3.70. The third-order valence-corrected chi connectivity index (χ3v) is 5.05. The van der Waals surface area contributed by atoms with Crippen LogP contribution < -0.4 is 10.2 Å². The minimum absolute atomic E-state index is 0.0347. The van der Waals surface area contributed by atoms with E-state index in [4.69, 9.17) is 0 Å². The molecule has 1 aromatic carbocycles. The number of carboxylic acids is 1. The normalized spacial score (nSPS) is 19.5. The summed E-state index contributed by atoms with van der Waals surface area (Å²) < 4.78 is 0. The van der Waals surface area contributed by atoms with Crippen molar-refractivity contribution in [3.8, 4) is 0 Å². The lowest BCUT2D eigenvalue weighted by Crippen LogP contribution is -2.30. The number of amides is 1. The van der Waals surface area contributed by atoms with Gasteiger partial charge in [-0.05, 0) is 51.1 Å². The lowest BCUT2D eigenvalue weighted by atomic mass is 9.85. The summed E-state index contributed by atoms with van der Waals surface area (Å²) in [6.07, 6.45) is 3.92. The minimum Gasteiger partial charge on any atom is -0.478 e. The number of rotatable bonds is 4. The summed E-state index contributed by atoms with van der Waals surface area (Å²) in [5.74, 6) is -1.03. The molecule has 0 radical (unpaired) electrons. The number of aromatic carboxylic acids is 1. The van der Waals surface area contributed by atoms with Crippen molar-refractivity contribution in [2.75, 3.05) is 43.4 Å². The first-order valence-electron chi connectivity index (χ1n) is 8.66. The number of anilines is 2. The number of benzene rings is 1. The smallest absolute Gasteiger partial charge is 0.337 e. The number of nitrogens with one attached hydrogen (secondary N) is 1.